The van der Waals surface area contributed by atoms with Gasteiger partial charge in [-0.25, -0.2) is 4.79 Å². The molecule has 0 fully saturated rings. The Balaban J connectivity index is 2.00. The second kappa shape index (κ2) is 7.95. The van der Waals surface area contributed by atoms with Gasteiger partial charge in [0.1, 0.15) is 11.3 Å². The molecule has 7 nitrogen and oxygen atoms in total. The number of benzene rings is 2. The van der Waals surface area contributed by atoms with Crippen LogP contribution in [0.4, 0.5) is 4.79 Å². The van der Waals surface area contributed by atoms with Crippen LogP contribution in [0, 0.1) is 3.57 Å². The van der Waals surface area contributed by atoms with Crippen LogP contribution in [0.3, 0.4) is 0 Å². The number of halogens is 1. The number of aromatic nitrogens is 2. The fourth-order valence-electron chi connectivity index (χ4n) is 2.82. The Kier molecular flexibility index (Phi) is 5.64. The molecule has 0 saturated heterocycles. The van der Waals surface area contributed by atoms with Gasteiger partial charge in [0, 0.05) is 9.99 Å². The molecule has 3 rings (SSSR count). The lowest BCUT2D eigenvalue weighted by Gasteiger charge is -2.25. The predicted molar refractivity (Wildman–Crippen MR) is 108 cm³/mol. The minimum Gasteiger partial charge on any atom is -0.496 e. The summed E-state index contributed by atoms with van der Waals surface area (Å²) in [7, 11) is 1.56. The molecule has 1 unspecified atom stereocenters. The summed E-state index contributed by atoms with van der Waals surface area (Å²) in [4.78, 5) is 11.4. The first-order valence-electron chi connectivity index (χ1n) is 8.14. The highest BCUT2D eigenvalue weighted by Gasteiger charge is 2.35. The predicted octanol–water partition coefficient (Wildman–Crippen LogP) is 4.08. The number of rotatable bonds is 6. The third-order valence-electron chi connectivity index (χ3n) is 4.07. The Hall–Kier alpha value is -2.62. The zero-order chi connectivity index (χ0) is 19.4. The number of hydrogen-bond donors (Lipinski definition) is 2. The first-order chi connectivity index (χ1) is 12.9. The molecule has 0 aliphatic heterocycles. The highest BCUT2D eigenvalue weighted by Crippen LogP contribution is 2.33. The van der Waals surface area contributed by atoms with E-state index in [1.807, 2.05) is 48.5 Å². The second-order valence-electron chi connectivity index (χ2n) is 6.18. The van der Waals surface area contributed by atoms with Crippen molar-refractivity contribution in [1.29, 1.82) is 0 Å². The van der Waals surface area contributed by atoms with Crippen LogP contribution < -0.4 is 10.1 Å². The lowest BCUT2D eigenvalue weighted by molar-refractivity contribution is 0.172. The van der Waals surface area contributed by atoms with Crippen molar-refractivity contribution in [3.05, 3.63) is 63.6 Å². The molecule has 1 heterocycles. The zero-order valence-corrected chi connectivity index (χ0v) is 16.9. The Morgan fingerprint density at radius 3 is 2.67 bits per heavy atom. The van der Waals surface area contributed by atoms with Crippen LogP contribution in [-0.2, 0) is 12.0 Å². The average Bonchev–Trinajstić information content (AvgIpc) is 3.12. The van der Waals surface area contributed by atoms with Gasteiger partial charge in [-0.05, 0) is 53.3 Å². The smallest absolute Gasteiger partial charge is 0.405 e. The van der Waals surface area contributed by atoms with E-state index in [9.17, 15) is 9.90 Å². The summed E-state index contributed by atoms with van der Waals surface area (Å²) < 4.78 is 12.2. The third-order valence-corrected chi connectivity index (χ3v) is 4.74. The van der Waals surface area contributed by atoms with Crippen molar-refractivity contribution in [2.75, 3.05) is 7.11 Å². The molecular formula is C19H18IN3O4. The van der Waals surface area contributed by atoms with E-state index in [2.05, 4.69) is 38.1 Å². The Bertz CT molecular complexity index is 945. The van der Waals surface area contributed by atoms with Crippen molar-refractivity contribution in [1.82, 2.24) is 15.5 Å². The topological polar surface area (TPSA) is 97.5 Å². The first-order valence-corrected chi connectivity index (χ1v) is 9.22. The maximum absolute atomic E-state index is 11.4. The molecule has 140 valence electrons. The molecule has 8 heteroatoms. The van der Waals surface area contributed by atoms with E-state index < -0.39 is 11.6 Å². The van der Waals surface area contributed by atoms with E-state index in [-0.39, 0.29) is 11.8 Å². The van der Waals surface area contributed by atoms with Gasteiger partial charge >= 0.3 is 6.09 Å². The van der Waals surface area contributed by atoms with Crippen LogP contribution >= 0.6 is 22.6 Å². The lowest BCUT2D eigenvalue weighted by atomic mass is 9.93. The summed E-state index contributed by atoms with van der Waals surface area (Å²) in [6, 6.07) is 15.1. The highest BCUT2D eigenvalue weighted by atomic mass is 127. The molecular weight excluding hydrogens is 461 g/mol. The molecule has 2 N–H and O–H groups in total. The van der Waals surface area contributed by atoms with Crippen molar-refractivity contribution in [2.24, 2.45) is 0 Å². The molecule has 0 bridgehead atoms. The number of carbonyl (C=O) groups is 1. The molecule has 0 aliphatic carbocycles. The fraction of sp³-hybridized carbons (Fsp3) is 0.211. The maximum Gasteiger partial charge on any atom is 0.405 e. The van der Waals surface area contributed by atoms with Crippen molar-refractivity contribution in [3.63, 3.8) is 0 Å². The van der Waals surface area contributed by atoms with E-state index in [1.54, 1.807) is 14.0 Å². The summed E-state index contributed by atoms with van der Waals surface area (Å²) in [5.41, 5.74) is 0.522. The second-order valence-corrected chi connectivity index (χ2v) is 7.43. The molecule has 2 aromatic carbocycles. The summed E-state index contributed by atoms with van der Waals surface area (Å²) in [5.74, 6) is 1.05. The molecule has 1 aromatic heterocycles. The van der Waals surface area contributed by atoms with Crippen molar-refractivity contribution < 1.29 is 19.1 Å². The lowest BCUT2D eigenvalue weighted by Crippen LogP contribution is -2.44. The Labute approximate surface area is 169 Å². The molecule has 0 spiro atoms. The molecule has 1 atom stereocenters. The van der Waals surface area contributed by atoms with Crippen LogP contribution in [0.15, 0.2) is 52.9 Å². The maximum atomic E-state index is 11.4. The number of hydrogen-bond acceptors (Lipinski definition) is 5. The van der Waals surface area contributed by atoms with Crippen molar-refractivity contribution in [2.45, 2.75) is 18.9 Å². The summed E-state index contributed by atoms with van der Waals surface area (Å²) in [5, 5.41) is 20.1. The highest BCUT2D eigenvalue weighted by molar-refractivity contribution is 14.1. The van der Waals surface area contributed by atoms with Gasteiger partial charge in [0.25, 0.3) is 5.89 Å². The van der Waals surface area contributed by atoms with Crippen LogP contribution in [0.25, 0.3) is 11.5 Å². The normalized spacial score (nSPS) is 13.0. The number of ether oxygens (including phenoxy) is 1. The fourth-order valence-corrected chi connectivity index (χ4v) is 3.31. The van der Waals surface area contributed by atoms with Gasteiger partial charge < -0.3 is 19.6 Å². The van der Waals surface area contributed by atoms with Gasteiger partial charge in [0.15, 0.2) is 0 Å². The van der Waals surface area contributed by atoms with Gasteiger partial charge in [-0.15, -0.1) is 10.2 Å². The Morgan fingerprint density at radius 2 is 2.00 bits per heavy atom. The van der Waals surface area contributed by atoms with Crippen LogP contribution in [0.5, 0.6) is 5.75 Å². The molecule has 3 aromatic rings. The summed E-state index contributed by atoms with van der Waals surface area (Å²) in [6.45, 7) is 1.72. The monoisotopic (exact) mass is 479 g/mol. The SMILES string of the molecule is COc1ccc(I)cc1-c1nnc(C(C)(Cc2ccccc2)NC(=O)O)o1. The number of nitrogens with zero attached hydrogens (tertiary/aromatic N) is 2. The van der Waals surface area contributed by atoms with Gasteiger partial charge in [-0.3, -0.25) is 0 Å². The largest absolute Gasteiger partial charge is 0.496 e. The number of carboxylic acid groups (broad SMARTS) is 1. The van der Waals surface area contributed by atoms with Crippen molar-refractivity contribution >= 4 is 28.7 Å². The molecule has 27 heavy (non-hydrogen) atoms. The van der Waals surface area contributed by atoms with Gasteiger partial charge in [-0.2, -0.15) is 0 Å². The average molecular weight is 479 g/mol. The number of nitrogens with one attached hydrogen (secondary N) is 1. The first kappa shape index (κ1) is 19.2. The van der Waals surface area contributed by atoms with Gasteiger partial charge in [0.2, 0.25) is 5.89 Å². The van der Waals surface area contributed by atoms with Crippen LogP contribution in [0.2, 0.25) is 0 Å². The number of methoxy groups -OCH3 is 1. The van der Waals surface area contributed by atoms with E-state index in [0.717, 1.165) is 9.13 Å². The molecule has 1 amide bonds. The standard InChI is InChI=1S/C19H18IN3O4/c1-19(21-18(24)25,11-12-6-4-3-5-7-12)17-23-22-16(27-17)14-10-13(20)8-9-15(14)26-2/h3-10,21H,11H2,1-2H3,(H,24,25). The zero-order valence-electron chi connectivity index (χ0n) is 14.8. The van der Waals surface area contributed by atoms with Gasteiger partial charge in [-0.1, -0.05) is 30.3 Å². The number of amides is 1. The minimum atomic E-state index is -1.17. The Morgan fingerprint density at radius 1 is 1.26 bits per heavy atom. The van der Waals surface area contributed by atoms with E-state index >= 15 is 0 Å². The summed E-state index contributed by atoms with van der Waals surface area (Å²) >= 11 is 2.18. The molecule has 0 radical (unpaired) electrons. The molecule has 0 aliphatic rings. The van der Waals surface area contributed by atoms with E-state index in [0.29, 0.717) is 17.7 Å². The minimum absolute atomic E-state index is 0.185. The van der Waals surface area contributed by atoms with E-state index in [1.165, 1.54) is 0 Å². The van der Waals surface area contributed by atoms with Crippen LogP contribution in [-0.4, -0.2) is 28.5 Å². The molecule has 0 saturated carbocycles. The quantitative estimate of drug-likeness (QED) is 0.518. The van der Waals surface area contributed by atoms with Gasteiger partial charge in [0.05, 0.1) is 12.7 Å². The van der Waals surface area contributed by atoms with Crippen LogP contribution in [0.1, 0.15) is 18.4 Å². The third kappa shape index (κ3) is 4.38. The van der Waals surface area contributed by atoms with Crippen molar-refractivity contribution in [3.8, 4) is 17.2 Å². The van der Waals surface area contributed by atoms with E-state index in [4.69, 9.17) is 9.15 Å². The summed E-state index contributed by atoms with van der Waals surface area (Å²) in [6.07, 6.45) is -0.800.